The Morgan fingerprint density at radius 3 is 2.48 bits per heavy atom. The molecule has 0 unspecified atom stereocenters. The summed E-state index contributed by atoms with van der Waals surface area (Å²) in [5.41, 5.74) is 1.87. The number of hydrogen-bond donors (Lipinski definition) is 0. The van der Waals surface area contributed by atoms with Gasteiger partial charge in [0.1, 0.15) is 12.4 Å². The van der Waals surface area contributed by atoms with E-state index in [4.69, 9.17) is 4.74 Å². The number of nitrogens with zero attached hydrogens (tertiary/aromatic N) is 3. The predicted octanol–water partition coefficient (Wildman–Crippen LogP) is 5.19. The minimum atomic E-state index is 0.0931. The molecule has 1 aromatic heterocycles. The molecule has 0 aliphatic carbocycles. The van der Waals surface area contributed by atoms with Crippen LogP contribution in [-0.2, 0) is 13.2 Å². The summed E-state index contributed by atoms with van der Waals surface area (Å²) >= 11 is 1.43. The molecule has 3 aromatic rings. The van der Waals surface area contributed by atoms with Gasteiger partial charge in [-0.15, -0.1) is 10.2 Å². The fourth-order valence-electron chi connectivity index (χ4n) is 2.76. The first-order valence-electron chi connectivity index (χ1n) is 9.85. The topological polar surface area (TPSA) is 57.0 Å². The van der Waals surface area contributed by atoms with Crippen molar-refractivity contribution in [3.8, 4) is 5.75 Å². The lowest BCUT2D eigenvalue weighted by Gasteiger charge is -2.12. The van der Waals surface area contributed by atoms with Gasteiger partial charge in [0.05, 0.1) is 5.75 Å². The summed E-state index contributed by atoms with van der Waals surface area (Å²) in [5, 5.41) is 9.42. The van der Waals surface area contributed by atoms with Gasteiger partial charge in [-0.2, -0.15) is 0 Å². The third-order valence-electron chi connectivity index (χ3n) is 4.54. The van der Waals surface area contributed by atoms with Gasteiger partial charge >= 0.3 is 0 Å². The third kappa shape index (κ3) is 6.19. The molecule has 0 atom stereocenters. The van der Waals surface area contributed by atoms with Crippen LogP contribution in [0.5, 0.6) is 5.75 Å². The Morgan fingerprint density at radius 1 is 1.07 bits per heavy atom. The number of thioether (sulfide) groups is 1. The van der Waals surface area contributed by atoms with Crippen molar-refractivity contribution < 1.29 is 9.53 Å². The highest BCUT2D eigenvalue weighted by Crippen LogP contribution is 2.21. The fourth-order valence-corrected chi connectivity index (χ4v) is 3.64. The average molecular weight is 410 g/mol. The highest BCUT2D eigenvalue weighted by atomic mass is 32.2. The molecule has 1 heterocycles. The monoisotopic (exact) mass is 409 g/mol. The molecule has 29 heavy (non-hydrogen) atoms. The predicted molar refractivity (Wildman–Crippen MR) is 116 cm³/mol. The first-order chi connectivity index (χ1) is 14.0. The number of para-hydroxylation sites is 1. The van der Waals surface area contributed by atoms with E-state index in [1.165, 1.54) is 11.8 Å². The summed E-state index contributed by atoms with van der Waals surface area (Å²) < 4.78 is 7.94. The van der Waals surface area contributed by atoms with Crippen LogP contribution in [0.25, 0.3) is 0 Å². The van der Waals surface area contributed by atoms with Crippen molar-refractivity contribution >= 4 is 17.5 Å². The molecule has 0 saturated carbocycles. The van der Waals surface area contributed by atoms with Gasteiger partial charge in [0.15, 0.2) is 16.8 Å². The number of aryl methyl sites for hydroxylation is 1. The molecule has 0 radical (unpaired) electrons. The molecule has 2 aromatic carbocycles. The number of benzene rings is 2. The molecule has 0 spiro atoms. The van der Waals surface area contributed by atoms with E-state index in [1.807, 2.05) is 61.5 Å². The van der Waals surface area contributed by atoms with Crippen molar-refractivity contribution in [2.24, 2.45) is 5.92 Å². The summed E-state index contributed by atoms with van der Waals surface area (Å²) in [6.45, 7) is 7.55. The molecular formula is C23H27N3O2S. The average Bonchev–Trinajstić information content (AvgIpc) is 3.12. The van der Waals surface area contributed by atoms with Crippen molar-refractivity contribution in [2.45, 2.75) is 45.5 Å². The van der Waals surface area contributed by atoms with E-state index in [0.29, 0.717) is 18.3 Å². The third-order valence-corrected chi connectivity index (χ3v) is 5.51. The molecule has 5 nitrogen and oxygen atoms in total. The maximum atomic E-state index is 12.5. The van der Waals surface area contributed by atoms with Gasteiger partial charge in [0.2, 0.25) is 0 Å². The number of hydrogen-bond acceptors (Lipinski definition) is 5. The van der Waals surface area contributed by atoms with Crippen LogP contribution in [0.3, 0.4) is 0 Å². The highest BCUT2D eigenvalue weighted by molar-refractivity contribution is 7.99. The Bertz CT molecular complexity index is 921. The maximum absolute atomic E-state index is 12.5. The van der Waals surface area contributed by atoms with E-state index >= 15 is 0 Å². The molecule has 0 saturated heterocycles. The number of ether oxygens (including phenoxy) is 1. The van der Waals surface area contributed by atoms with Gasteiger partial charge in [-0.05, 0) is 31.4 Å². The van der Waals surface area contributed by atoms with Gasteiger partial charge in [-0.1, -0.05) is 73.6 Å². The zero-order chi connectivity index (χ0) is 20.6. The molecule has 0 aliphatic heterocycles. The zero-order valence-corrected chi connectivity index (χ0v) is 18.0. The minimum Gasteiger partial charge on any atom is -0.486 e. The number of aromatic nitrogens is 3. The van der Waals surface area contributed by atoms with Crippen LogP contribution in [0.2, 0.25) is 0 Å². The van der Waals surface area contributed by atoms with Gasteiger partial charge in [0.25, 0.3) is 0 Å². The van der Waals surface area contributed by atoms with E-state index in [-0.39, 0.29) is 5.78 Å². The second kappa shape index (κ2) is 10.3. The molecule has 0 fully saturated rings. The Kier molecular flexibility index (Phi) is 7.47. The Labute approximate surface area is 176 Å². The largest absolute Gasteiger partial charge is 0.486 e. The van der Waals surface area contributed by atoms with E-state index in [1.54, 1.807) is 0 Å². The molecule has 0 aliphatic rings. The Morgan fingerprint density at radius 2 is 1.79 bits per heavy atom. The van der Waals surface area contributed by atoms with Crippen molar-refractivity contribution in [1.82, 2.24) is 14.8 Å². The molecule has 152 valence electrons. The summed E-state index contributed by atoms with van der Waals surface area (Å²) in [6, 6.07) is 17.4. The Balaban J connectivity index is 1.68. The molecule has 0 bridgehead atoms. The van der Waals surface area contributed by atoms with Crippen molar-refractivity contribution in [2.75, 3.05) is 5.75 Å². The second-order valence-electron chi connectivity index (χ2n) is 7.41. The van der Waals surface area contributed by atoms with Gasteiger partial charge in [-0.25, -0.2) is 0 Å². The molecule has 6 heteroatoms. The van der Waals surface area contributed by atoms with Gasteiger partial charge < -0.3 is 9.30 Å². The smallest absolute Gasteiger partial charge is 0.191 e. The minimum absolute atomic E-state index is 0.0931. The lowest BCUT2D eigenvalue weighted by molar-refractivity contribution is 0.102. The van der Waals surface area contributed by atoms with Crippen molar-refractivity contribution in [1.29, 1.82) is 0 Å². The summed E-state index contributed by atoms with van der Waals surface area (Å²) in [4.78, 5) is 12.5. The highest BCUT2D eigenvalue weighted by Gasteiger charge is 2.16. The maximum Gasteiger partial charge on any atom is 0.191 e. The van der Waals surface area contributed by atoms with E-state index < -0.39 is 0 Å². The number of Topliss-reactive ketones (excluding diaryl/α,β-unsaturated/α-hetero) is 1. The lowest BCUT2D eigenvalue weighted by Crippen LogP contribution is -2.11. The van der Waals surface area contributed by atoms with Crippen LogP contribution in [0.4, 0.5) is 0 Å². The van der Waals surface area contributed by atoms with E-state index in [0.717, 1.165) is 40.8 Å². The second-order valence-corrected chi connectivity index (χ2v) is 8.36. The van der Waals surface area contributed by atoms with Crippen molar-refractivity contribution in [3.05, 3.63) is 71.5 Å². The SMILES string of the molecule is Cc1ccc(C(=O)CSc2nnc(COc3ccccc3)n2CCC(C)C)cc1. The van der Waals surface area contributed by atoms with Crippen LogP contribution in [0.15, 0.2) is 59.8 Å². The van der Waals surface area contributed by atoms with Crippen LogP contribution in [-0.4, -0.2) is 26.3 Å². The zero-order valence-electron chi connectivity index (χ0n) is 17.2. The summed E-state index contributed by atoms with van der Waals surface area (Å²) in [7, 11) is 0. The van der Waals surface area contributed by atoms with Crippen LogP contribution >= 0.6 is 11.8 Å². The van der Waals surface area contributed by atoms with E-state index in [2.05, 4.69) is 28.6 Å². The van der Waals surface area contributed by atoms with Gasteiger partial charge in [0, 0.05) is 12.1 Å². The number of carbonyl (C=O) groups is 1. The molecule has 0 amide bonds. The molecule has 0 N–H and O–H groups in total. The number of carbonyl (C=O) groups excluding carboxylic acids is 1. The van der Waals surface area contributed by atoms with Crippen LogP contribution in [0.1, 0.15) is 42.0 Å². The van der Waals surface area contributed by atoms with Crippen LogP contribution in [0, 0.1) is 12.8 Å². The van der Waals surface area contributed by atoms with Crippen molar-refractivity contribution in [3.63, 3.8) is 0 Å². The van der Waals surface area contributed by atoms with Gasteiger partial charge in [-0.3, -0.25) is 4.79 Å². The summed E-state index contributed by atoms with van der Waals surface area (Å²) in [6.07, 6.45) is 1.01. The standard InChI is InChI=1S/C23H27N3O2S/c1-17(2)13-14-26-22(15-28-20-7-5-4-6-8-20)24-25-23(26)29-16-21(27)19-11-9-18(3)10-12-19/h4-12,17H,13-16H2,1-3H3. The quantitative estimate of drug-likeness (QED) is 0.341. The molecule has 3 rings (SSSR count). The first-order valence-corrected chi connectivity index (χ1v) is 10.8. The number of rotatable bonds is 10. The summed E-state index contributed by atoms with van der Waals surface area (Å²) in [5.74, 6) is 2.57. The Hall–Kier alpha value is -2.60. The fraction of sp³-hybridized carbons (Fsp3) is 0.348. The van der Waals surface area contributed by atoms with Crippen LogP contribution < -0.4 is 4.74 Å². The normalized spacial score (nSPS) is 11.0. The molecular weight excluding hydrogens is 382 g/mol. The lowest BCUT2D eigenvalue weighted by atomic mass is 10.1. The first kappa shape index (κ1) is 21.1. The van der Waals surface area contributed by atoms with E-state index in [9.17, 15) is 4.79 Å². The number of ketones is 1.